The maximum Gasteiger partial charge on any atom is 0.330 e. The number of rotatable bonds is 4. The molecular formula is C12H20N2O2. The van der Waals surface area contributed by atoms with Crippen molar-refractivity contribution in [1.82, 2.24) is 9.13 Å². The molecule has 1 rings (SSSR count). The molecule has 1 atom stereocenters. The zero-order valence-corrected chi connectivity index (χ0v) is 10.5. The monoisotopic (exact) mass is 224 g/mol. The number of nitrogens with zero attached hydrogens (tertiary/aromatic N) is 2. The summed E-state index contributed by atoms with van der Waals surface area (Å²) in [6.07, 6.45) is 4.89. The van der Waals surface area contributed by atoms with Gasteiger partial charge in [-0.15, -0.1) is 0 Å². The summed E-state index contributed by atoms with van der Waals surface area (Å²) in [5.41, 5.74) is 0.307. The molecule has 4 nitrogen and oxygen atoms in total. The van der Waals surface area contributed by atoms with Gasteiger partial charge in [0, 0.05) is 25.9 Å². The lowest BCUT2D eigenvalue weighted by molar-refractivity contribution is 0.588. The fourth-order valence-electron chi connectivity index (χ4n) is 1.84. The van der Waals surface area contributed by atoms with E-state index in [4.69, 9.17) is 0 Å². The number of aryl methyl sites for hydroxylation is 1. The van der Waals surface area contributed by atoms with Crippen molar-refractivity contribution < 1.29 is 0 Å². The van der Waals surface area contributed by atoms with Gasteiger partial charge in [0.05, 0.1) is 0 Å². The molecule has 0 spiro atoms. The third kappa shape index (κ3) is 2.43. The van der Waals surface area contributed by atoms with Crippen LogP contribution in [0.1, 0.15) is 44.6 Å². The minimum atomic E-state index is -0.267. The van der Waals surface area contributed by atoms with Crippen LogP contribution in [0, 0.1) is 0 Å². The smallest absolute Gasteiger partial charge is 0.303 e. The van der Waals surface area contributed by atoms with Crippen molar-refractivity contribution in [3.8, 4) is 0 Å². The summed E-state index contributed by atoms with van der Waals surface area (Å²) in [6.45, 7) is 4.17. The Hall–Kier alpha value is -1.32. The topological polar surface area (TPSA) is 44.0 Å². The van der Waals surface area contributed by atoms with Gasteiger partial charge in [-0.25, -0.2) is 4.79 Å². The number of hydrogen-bond donors (Lipinski definition) is 0. The molecule has 1 aromatic heterocycles. The lowest BCUT2D eigenvalue weighted by Crippen LogP contribution is -2.38. The lowest BCUT2D eigenvalue weighted by atomic mass is 9.98. The molecule has 0 aliphatic carbocycles. The maximum absolute atomic E-state index is 11.9. The van der Waals surface area contributed by atoms with Crippen molar-refractivity contribution in [2.45, 2.75) is 39.0 Å². The minimum absolute atomic E-state index is 0.160. The largest absolute Gasteiger partial charge is 0.330 e. The van der Waals surface area contributed by atoms with Crippen molar-refractivity contribution >= 4 is 0 Å². The Morgan fingerprint density at radius 2 is 1.94 bits per heavy atom. The van der Waals surface area contributed by atoms with E-state index < -0.39 is 0 Å². The van der Waals surface area contributed by atoms with Crippen LogP contribution in [0.25, 0.3) is 0 Å². The first kappa shape index (κ1) is 12.7. The summed E-state index contributed by atoms with van der Waals surface area (Å²) in [6, 6.07) is 0. The average molecular weight is 224 g/mol. The molecule has 0 aliphatic rings. The summed E-state index contributed by atoms with van der Waals surface area (Å²) in [7, 11) is 3.21. The number of hydrogen-bond acceptors (Lipinski definition) is 2. The number of unbranched alkanes of at least 4 members (excludes halogenated alkanes) is 1. The van der Waals surface area contributed by atoms with Gasteiger partial charge in [0.1, 0.15) is 0 Å². The molecule has 0 saturated carbocycles. The van der Waals surface area contributed by atoms with Crippen LogP contribution in [0.3, 0.4) is 0 Å². The Morgan fingerprint density at radius 1 is 1.31 bits per heavy atom. The first-order chi connectivity index (χ1) is 7.49. The van der Waals surface area contributed by atoms with Crippen molar-refractivity contribution in [2.24, 2.45) is 14.1 Å². The van der Waals surface area contributed by atoms with Gasteiger partial charge in [0.25, 0.3) is 5.56 Å². The Bertz CT molecular complexity index is 471. The van der Waals surface area contributed by atoms with Gasteiger partial charge in [-0.2, -0.15) is 0 Å². The van der Waals surface area contributed by atoms with E-state index in [1.807, 2.05) is 6.92 Å². The first-order valence-electron chi connectivity index (χ1n) is 5.75. The molecular weight excluding hydrogens is 204 g/mol. The van der Waals surface area contributed by atoms with Crippen LogP contribution in [0.5, 0.6) is 0 Å². The van der Waals surface area contributed by atoms with E-state index in [9.17, 15) is 9.59 Å². The molecule has 0 aromatic carbocycles. The standard InChI is InChI=1S/C12H20N2O2/c1-5-6-7-9(2)10-8-13(3)12(16)14(4)11(10)15/h8-9H,5-7H2,1-4H3. The Morgan fingerprint density at radius 3 is 2.50 bits per heavy atom. The van der Waals surface area contributed by atoms with Crippen LogP contribution in [0.2, 0.25) is 0 Å². The molecule has 1 heterocycles. The summed E-state index contributed by atoms with van der Waals surface area (Å²) in [5, 5.41) is 0. The van der Waals surface area contributed by atoms with Crippen LogP contribution in [-0.2, 0) is 14.1 Å². The van der Waals surface area contributed by atoms with E-state index in [2.05, 4.69) is 6.92 Å². The highest BCUT2D eigenvalue weighted by atomic mass is 16.2. The summed E-state index contributed by atoms with van der Waals surface area (Å²) in [5.74, 6) is 0.213. The molecule has 0 saturated heterocycles. The molecule has 0 amide bonds. The van der Waals surface area contributed by atoms with Crippen LogP contribution in [0.15, 0.2) is 15.8 Å². The lowest BCUT2D eigenvalue weighted by Gasteiger charge is -2.12. The zero-order chi connectivity index (χ0) is 12.3. The summed E-state index contributed by atoms with van der Waals surface area (Å²) in [4.78, 5) is 23.4. The van der Waals surface area contributed by atoms with Gasteiger partial charge < -0.3 is 4.57 Å². The zero-order valence-electron chi connectivity index (χ0n) is 10.5. The van der Waals surface area contributed by atoms with Crippen molar-refractivity contribution in [2.75, 3.05) is 0 Å². The second-order valence-corrected chi connectivity index (χ2v) is 4.39. The second kappa shape index (κ2) is 5.14. The van der Waals surface area contributed by atoms with E-state index in [-0.39, 0.29) is 17.2 Å². The molecule has 1 aromatic rings. The van der Waals surface area contributed by atoms with Gasteiger partial charge in [-0.1, -0.05) is 26.7 Å². The summed E-state index contributed by atoms with van der Waals surface area (Å²) >= 11 is 0. The van der Waals surface area contributed by atoms with Gasteiger partial charge in [0.15, 0.2) is 0 Å². The predicted octanol–water partition coefficient (Wildman–Crippen LogP) is 1.38. The van der Waals surface area contributed by atoms with E-state index in [0.29, 0.717) is 0 Å². The highest BCUT2D eigenvalue weighted by molar-refractivity contribution is 5.11. The maximum atomic E-state index is 11.9. The van der Waals surface area contributed by atoms with Crippen molar-refractivity contribution in [3.05, 3.63) is 32.6 Å². The molecule has 1 unspecified atom stereocenters. The SMILES string of the molecule is CCCCC(C)c1cn(C)c(=O)n(C)c1=O. The number of aromatic nitrogens is 2. The van der Waals surface area contributed by atoms with Gasteiger partial charge in [0.2, 0.25) is 0 Å². The third-order valence-corrected chi connectivity index (χ3v) is 2.99. The second-order valence-electron chi connectivity index (χ2n) is 4.39. The predicted molar refractivity (Wildman–Crippen MR) is 64.9 cm³/mol. The van der Waals surface area contributed by atoms with E-state index in [1.54, 1.807) is 13.2 Å². The fourth-order valence-corrected chi connectivity index (χ4v) is 1.84. The average Bonchev–Trinajstić information content (AvgIpc) is 2.28. The Kier molecular flexibility index (Phi) is 4.10. The molecule has 0 aliphatic heterocycles. The van der Waals surface area contributed by atoms with E-state index in [1.165, 1.54) is 16.2 Å². The van der Waals surface area contributed by atoms with Gasteiger partial charge in [-0.05, 0) is 12.3 Å². The third-order valence-electron chi connectivity index (χ3n) is 2.99. The molecule has 0 radical (unpaired) electrons. The van der Waals surface area contributed by atoms with Crippen LogP contribution in [0.4, 0.5) is 0 Å². The first-order valence-corrected chi connectivity index (χ1v) is 5.75. The Balaban J connectivity index is 3.15. The molecule has 90 valence electrons. The molecule has 16 heavy (non-hydrogen) atoms. The normalized spacial score (nSPS) is 12.8. The molecule has 0 fully saturated rings. The van der Waals surface area contributed by atoms with Crippen LogP contribution < -0.4 is 11.2 Å². The highest BCUT2D eigenvalue weighted by Gasteiger charge is 2.12. The van der Waals surface area contributed by atoms with Crippen molar-refractivity contribution in [3.63, 3.8) is 0 Å². The van der Waals surface area contributed by atoms with Gasteiger partial charge >= 0.3 is 5.69 Å². The quantitative estimate of drug-likeness (QED) is 0.775. The van der Waals surface area contributed by atoms with Crippen LogP contribution in [-0.4, -0.2) is 9.13 Å². The molecule has 0 N–H and O–H groups in total. The Labute approximate surface area is 95.5 Å². The van der Waals surface area contributed by atoms with Gasteiger partial charge in [-0.3, -0.25) is 9.36 Å². The van der Waals surface area contributed by atoms with Crippen LogP contribution >= 0.6 is 0 Å². The van der Waals surface area contributed by atoms with E-state index >= 15 is 0 Å². The van der Waals surface area contributed by atoms with Crippen molar-refractivity contribution in [1.29, 1.82) is 0 Å². The molecule has 4 heteroatoms. The minimum Gasteiger partial charge on any atom is -0.303 e. The molecule has 0 bridgehead atoms. The summed E-state index contributed by atoms with van der Waals surface area (Å²) < 4.78 is 2.65. The highest BCUT2D eigenvalue weighted by Crippen LogP contribution is 2.17. The fraction of sp³-hybridized carbons (Fsp3) is 0.667. The van der Waals surface area contributed by atoms with E-state index in [0.717, 1.165) is 24.8 Å².